The quantitative estimate of drug-likeness (QED) is 0.649. The summed E-state index contributed by atoms with van der Waals surface area (Å²) in [5.41, 5.74) is 3.12. The van der Waals surface area contributed by atoms with Gasteiger partial charge in [0.15, 0.2) is 12.3 Å². The highest BCUT2D eigenvalue weighted by Gasteiger charge is 2.40. The summed E-state index contributed by atoms with van der Waals surface area (Å²) in [7, 11) is 1.23. The van der Waals surface area contributed by atoms with Gasteiger partial charge in [0.1, 0.15) is 0 Å². The monoisotopic (exact) mass is 443 g/mol. The van der Waals surface area contributed by atoms with E-state index in [4.69, 9.17) is 9.57 Å². The van der Waals surface area contributed by atoms with Crippen molar-refractivity contribution in [2.45, 2.75) is 64.6 Å². The Morgan fingerprint density at radius 1 is 1.25 bits per heavy atom. The van der Waals surface area contributed by atoms with Crippen LogP contribution >= 0.6 is 0 Å². The lowest BCUT2D eigenvalue weighted by Crippen LogP contribution is -2.33. The summed E-state index contributed by atoms with van der Waals surface area (Å²) in [6, 6.07) is 0.358. The summed E-state index contributed by atoms with van der Waals surface area (Å²) < 4.78 is 11.4. The van der Waals surface area contributed by atoms with Gasteiger partial charge < -0.3 is 19.6 Å². The summed E-state index contributed by atoms with van der Waals surface area (Å²) in [4.78, 5) is 33.8. The number of oxime groups is 1. The van der Waals surface area contributed by atoms with E-state index < -0.39 is 24.6 Å². The van der Waals surface area contributed by atoms with Crippen molar-refractivity contribution >= 4 is 34.4 Å². The van der Waals surface area contributed by atoms with Crippen LogP contribution in [0.4, 0.5) is 5.69 Å². The Balaban J connectivity index is 1.62. The predicted molar refractivity (Wildman–Crippen MR) is 117 cm³/mol. The maximum absolute atomic E-state index is 12.4. The minimum atomic E-state index is -0.939. The molecule has 1 aliphatic carbocycles. The standard InChI is InChI=1S/C22H29N5O5/c1-4-27-21-16(11-24-27)19(25-14-8-6-5-7-9-14)15(10-23-21)18-13(2)20(32-26-18)22(29)31-12-17(28)30-3/h10-11,13-14,20H,4-9,12H2,1-3H3,(H,23,25). The van der Waals surface area contributed by atoms with Gasteiger partial charge in [0.05, 0.1) is 36.0 Å². The van der Waals surface area contributed by atoms with Crippen LogP contribution in [0, 0.1) is 5.92 Å². The number of fused-ring (bicyclic) bond motifs is 1. The van der Waals surface area contributed by atoms with Crippen LogP contribution in [0.25, 0.3) is 11.0 Å². The van der Waals surface area contributed by atoms with Gasteiger partial charge in [-0.15, -0.1) is 0 Å². The summed E-state index contributed by atoms with van der Waals surface area (Å²) >= 11 is 0. The highest BCUT2D eigenvalue weighted by Crippen LogP contribution is 2.34. The fourth-order valence-corrected chi connectivity index (χ4v) is 4.30. The third-order valence-corrected chi connectivity index (χ3v) is 6.14. The first-order chi connectivity index (χ1) is 15.5. The largest absolute Gasteiger partial charge is 0.466 e. The molecule has 10 nitrogen and oxygen atoms in total. The van der Waals surface area contributed by atoms with Crippen molar-refractivity contribution in [1.29, 1.82) is 0 Å². The number of carbonyl (C=O) groups is 2. The molecule has 0 aromatic carbocycles. The molecule has 0 spiro atoms. The zero-order valence-electron chi connectivity index (χ0n) is 18.7. The second-order valence-corrected chi connectivity index (χ2v) is 8.20. The normalized spacial score (nSPS) is 21.2. The average Bonchev–Trinajstić information content (AvgIpc) is 3.41. The highest BCUT2D eigenvalue weighted by atomic mass is 16.7. The molecule has 4 rings (SSSR count). The van der Waals surface area contributed by atoms with Gasteiger partial charge in [0, 0.05) is 24.3 Å². The van der Waals surface area contributed by atoms with E-state index in [0.717, 1.165) is 35.1 Å². The van der Waals surface area contributed by atoms with Crippen LogP contribution in [0.1, 0.15) is 51.5 Å². The van der Waals surface area contributed by atoms with Crippen molar-refractivity contribution < 1.29 is 23.9 Å². The Morgan fingerprint density at radius 2 is 2.03 bits per heavy atom. The Kier molecular flexibility index (Phi) is 6.57. The molecule has 1 N–H and O–H groups in total. The number of ether oxygens (including phenoxy) is 2. The smallest absolute Gasteiger partial charge is 0.351 e. The molecule has 0 amide bonds. The number of pyridine rings is 1. The Labute approximate surface area is 186 Å². The zero-order chi connectivity index (χ0) is 22.7. The number of aromatic nitrogens is 3. The van der Waals surface area contributed by atoms with E-state index in [9.17, 15) is 9.59 Å². The molecule has 0 saturated heterocycles. The number of aryl methyl sites for hydroxylation is 1. The predicted octanol–water partition coefficient (Wildman–Crippen LogP) is 2.65. The van der Waals surface area contributed by atoms with Gasteiger partial charge in [-0.1, -0.05) is 31.3 Å². The molecule has 2 aromatic rings. The van der Waals surface area contributed by atoms with Gasteiger partial charge in [0.2, 0.25) is 6.10 Å². The number of nitrogens with zero attached hydrogens (tertiary/aromatic N) is 4. The lowest BCUT2D eigenvalue weighted by Gasteiger charge is -2.26. The minimum Gasteiger partial charge on any atom is -0.466 e. The average molecular weight is 444 g/mol. The molecule has 2 aromatic heterocycles. The number of esters is 2. The first-order valence-electron chi connectivity index (χ1n) is 11.1. The molecule has 3 heterocycles. The Morgan fingerprint density at radius 3 is 2.75 bits per heavy atom. The van der Waals surface area contributed by atoms with Crippen LogP contribution < -0.4 is 5.32 Å². The molecule has 1 fully saturated rings. The van der Waals surface area contributed by atoms with Crippen molar-refractivity contribution in [3.05, 3.63) is 18.0 Å². The van der Waals surface area contributed by atoms with E-state index >= 15 is 0 Å². The summed E-state index contributed by atoms with van der Waals surface area (Å²) in [5.74, 6) is -1.67. The van der Waals surface area contributed by atoms with Crippen LogP contribution in [0.2, 0.25) is 0 Å². The van der Waals surface area contributed by atoms with Crippen molar-refractivity contribution in [2.24, 2.45) is 11.1 Å². The van der Waals surface area contributed by atoms with E-state index in [2.05, 4.69) is 25.3 Å². The zero-order valence-corrected chi connectivity index (χ0v) is 18.7. The van der Waals surface area contributed by atoms with Crippen molar-refractivity contribution in [3.63, 3.8) is 0 Å². The number of methoxy groups -OCH3 is 1. The van der Waals surface area contributed by atoms with Crippen LogP contribution in [0.3, 0.4) is 0 Å². The molecule has 32 heavy (non-hydrogen) atoms. The maximum atomic E-state index is 12.4. The Hall–Kier alpha value is -3.17. The SMILES string of the molecule is CCn1ncc2c(NC3CCCCC3)c(C3=NOC(C(=O)OCC(=O)OC)C3C)cnc21. The minimum absolute atomic E-state index is 0.358. The number of anilines is 1. The fourth-order valence-electron chi connectivity index (χ4n) is 4.30. The van der Waals surface area contributed by atoms with Crippen LogP contribution in [-0.2, 0) is 30.4 Å². The van der Waals surface area contributed by atoms with Gasteiger partial charge >= 0.3 is 11.9 Å². The lowest BCUT2D eigenvalue weighted by molar-refractivity contribution is -0.165. The molecule has 0 bridgehead atoms. The molecule has 1 aliphatic heterocycles. The number of hydrogen-bond acceptors (Lipinski definition) is 9. The van der Waals surface area contributed by atoms with Crippen molar-refractivity contribution in [2.75, 3.05) is 19.0 Å². The molecule has 0 radical (unpaired) electrons. The molecule has 172 valence electrons. The molecule has 10 heteroatoms. The van der Waals surface area contributed by atoms with Gasteiger partial charge in [-0.05, 0) is 19.8 Å². The third-order valence-electron chi connectivity index (χ3n) is 6.14. The van der Waals surface area contributed by atoms with Gasteiger partial charge in [-0.3, -0.25) is 0 Å². The number of carbonyl (C=O) groups excluding carboxylic acids is 2. The van der Waals surface area contributed by atoms with Gasteiger partial charge in [-0.2, -0.15) is 5.10 Å². The topological polar surface area (TPSA) is 117 Å². The summed E-state index contributed by atoms with van der Waals surface area (Å²) in [6.07, 6.45) is 8.52. The highest BCUT2D eigenvalue weighted by molar-refractivity contribution is 6.12. The van der Waals surface area contributed by atoms with E-state index in [0.29, 0.717) is 18.3 Å². The van der Waals surface area contributed by atoms with Crippen molar-refractivity contribution in [1.82, 2.24) is 14.8 Å². The van der Waals surface area contributed by atoms with E-state index in [-0.39, 0.29) is 5.92 Å². The lowest BCUT2D eigenvalue weighted by atomic mass is 9.92. The van der Waals surface area contributed by atoms with Gasteiger partial charge in [-0.25, -0.2) is 19.3 Å². The molecule has 2 aliphatic rings. The molecule has 1 saturated carbocycles. The van der Waals surface area contributed by atoms with Crippen LogP contribution in [-0.4, -0.2) is 58.3 Å². The maximum Gasteiger partial charge on any atom is 0.351 e. The molecular formula is C22H29N5O5. The van der Waals surface area contributed by atoms with E-state index in [1.807, 2.05) is 24.7 Å². The third kappa shape index (κ3) is 4.26. The van der Waals surface area contributed by atoms with Gasteiger partial charge in [0.25, 0.3) is 0 Å². The number of hydrogen-bond donors (Lipinski definition) is 1. The second-order valence-electron chi connectivity index (χ2n) is 8.20. The molecule has 2 unspecified atom stereocenters. The van der Waals surface area contributed by atoms with E-state index in [1.165, 1.54) is 26.4 Å². The first kappa shape index (κ1) is 22.0. The first-order valence-corrected chi connectivity index (χ1v) is 11.1. The Bertz CT molecular complexity index is 1030. The number of nitrogens with one attached hydrogen (secondary N) is 1. The molecular weight excluding hydrogens is 414 g/mol. The van der Waals surface area contributed by atoms with Crippen LogP contribution in [0.15, 0.2) is 17.5 Å². The summed E-state index contributed by atoms with van der Waals surface area (Å²) in [5, 5.41) is 13.3. The van der Waals surface area contributed by atoms with E-state index in [1.54, 1.807) is 6.20 Å². The van der Waals surface area contributed by atoms with Crippen LogP contribution in [0.5, 0.6) is 0 Å². The number of rotatable bonds is 7. The fraction of sp³-hybridized carbons (Fsp3) is 0.591. The summed E-state index contributed by atoms with van der Waals surface area (Å²) in [6.45, 7) is 4.13. The van der Waals surface area contributed by atoms with Crippen molar-refractivity contribution in [3.8, 4) is 0 Å². The molecule has 2 atom stereocenters. The second kappa shape index (κ2) is 9.54.